The molecule has 1 atom stereocenters. The molecule has 1 N–H and O–H groups in total. The summed E-state index contributed by atoms with van der Waals surface area (Å²) in [4.78, 5) is 2.31. The summed E-state index contributed by atoms with van der Waals surface area (Å²) < 4.78 is 21.4. The maximum atomic E-state index is 10.9. The van der Waals surface area contributed by atoms with E-state index in [4.69, 9.17) is 4.55 Å². The lowest BCUT2D eigenvalue weighted by molar-refractivity contribution is 0.180. The molecule has 94 valence electrons. The molecule has 1 aliphatic rings. The van der Waals surface area contributed by atoms with Crippen molar-refractivity contribution in [3.8, 4) is 0 Å². The summed E-state index contributed by atoms with van der Waals surface area (Å²) in [5.74, 6) is 0. The molecule has 0 radical (unpaired) electrons. The number of nitrogens with zero attached hydrogens (tertiary/aromatic N) is 2. The highest BCUT2D eigenvalue weighted by atomic mass is 32.2. The van der Waals surface area contributed by atoms with Crippen molar-refractivity contribution in [1.82, 2.24) is 9.21 Å². The lowest BCUT2D eigenvalue weighted by Gasteiger charge is -2.32. The topological polar surface area (TPSA) is 43.8 Å². The average molecular weight is 254 g/mol. The fourth-order valence-electron chi connectivity index (χ4n) is 2.00. The van der Waals surface area contributed by atoms with E-state index < -0.39 is 11.3 Å². The molecule has 1 aromatic rings. The minimum Gasteiger partial charge on any atom is -0.296 e. The maximum Gasteiger partial charge on any atom is 0.234 e. The summed E-state index contributed by atoms with van der Waals surface area (Å²) in [7, 11) is 0. The van der Waals surface area contributed by atoms with E-state index in [2.05, 4.69) is 36.1 Å². The van der Waals surface area contributed by atoms with Gasteiger partial charge in [-0.2, -0.15) is 4.31 Å². The van der Waals surface area contributed by atoms with E-state index in [1.54, 1.807) is 4.31 Å². The largest absolute Gasteiger partial charge is 0.296 e. The number of rotatable bonds is 3. The van der Waals surface area contributed by atoms with Crippen LogP contribution in [0.15, 0.2) is 24.3 Å². The molecule has 1 fully saturated rings. The van der Waals surface area contributed by atoms with Crippen molar-refractivity contribution in [2.45, 2.75) is 13.5 Å². The first-order valence-electron chi connectivity index (χ1n) is 5.79. The van der Waals surface area contributed by atoms with E-state index in [0.717, 1.165) is 19.6 Å². The molecule has 2 rings (SSSR count). The van der Waals surface area contributed by atoms with Gasteiger partial charge in [0.2, 0.25) is 11.3 Å². The van der Waals surface area contributed by atoms with Crippen molar-refractivity contribution in [3.63, 3.8) is 0 Å². The van der Waals surface area contributed by atoms with Gasteiger partial charge in [0.15, 0.2) is 0 Å². The highest BCUT2D eigenvalue weighted by Gasteiger charge is 2.19. The van der Waals surface area contributed by atoms with Gasteiger partial charge in [0.1, 0.15) is 0 Å². The van der Waals surface area contributed by atoms with Crippen LogP contribution in [0.25, 0.3) is 0 Å². The summed E-state index contributed by atoms with van der Waals surface area (Å²) in [6.07, 6.45) is 0. The monoisotopic (exact) mass is 254 g/mol. The molecule has 0 bridgehead atoms. The van der Waals surface area contributed by atoms with Crippen molar-refractivity contribution in [2.75, 3.05) is 26.2 Å². The molecule has 1 aromatic carbocycles. The van der Waals surface area contributed by atoms with Gasteiger partial charge in [-0.25, -0.2) is 4.21 Å². The fourth-order valence-corrected chi connectivity index (χ4v) is 2.47. The van der Waals surface area contributed by atoms with E-state index in [9.17, 15) is 4.21 Å². The third kappa shape index (κ3) is 3.61. The first-order valence-corrected chi connectivity index (χ1v) is 6.85. The summed E-state index contributed by atoms with van der Waals surface area (Å²) in [6, 6.07) is 8.53. The van der Waals surface area contributed by atoms with Gasteiger partial charge in [-0.3, -0.25) is 9.45 Å². The van der Waals surface area contributed by atoms with Gasteiger partial charge in [-0.1, -0.05) is 29.8 Å². The Balaban J connectivity index is 1.85. The van der Waals surface area contributed by atoms with E-state index in [1.165, 1.54) is 11.1 Å². The first kappa shape index (κ1) is 12.7. The van der Waals surface area contributed by atoms with Crippen LogP contribution in [-0.4, -0.2) is 44.1 Å². The normalized spacial score (nSPS) is 20.4. The molecule has 1 unspecified atom stereocenters. The third-order valence-electron chi connectivity index (χ3n) is 3.08. The van der Waals surface area contributed by atoms with Crippen LogP contribution < -0.4 is 0 Å². The minimum atomic E-state index is -1.81. The van der Waals surface area contributed by atoms with Crippen molar-refractivity contribution >= 4 is 11.3 Å². The van der Waals surface area contributed by atoms with E-state index in [0.29, 0.717) is 13.1 Å². The Morgan fingerprint density at radius 2 is 1.76 bits per heavy atom. The lowest BCUT2D eigenvalue weighted by Crippen LogP contribution is -2.46. The molecule has 17 heavy (non-hydrogen) atoms. The summed E-state index contributed by atoms with van der Waals surface area (Å²) >= 11 is -1.81. The number of piperazine rings is 1. The van der Waals surface area contributed by atoms with Gasteiger partial charge in [-0.05, 0) is 12.5 Å². The van der Waals surface area contributed by atoms with Crippen molar-refractivity contribution in [3.05, 3.63) is 35.4 Å². The van der Waals surface area contributed by atoms with Crippen LogP contribution in [0.4, 0.5) is 0 Å². The van der Waals surface area contributed by atoms with Gasteiger partial charge < -0.3 is 0 Å². The Morgan fingerprint density at radius 3 is 2.29 bits per heavy atom. The van der Waals surface area contributed by atoms with Crippen molar-refractivity contribution in [2.24, 2.45) is 0 Å². The Morgan fingerprint density at radius 1 is 1.18 bits per heavy atom. The Hall–Kier alpha value is -0.750. The second kappa shape index (κ2) is 5.73. The Kier molecular flexibility index (Phi) is 4.28. The highest BCUT2D eigenvalue weighted by Crippen LogP contribution is 2.10. The van der Waals surface area contributed by atoms with Gasteiger partial charge in [0, 0.05) is 32.7 Å². The zero-order valence-corrected chi connectivity index (χ0v) is 10.8. The van der Waals surface area contributed by atoms with Gasteiger partial charge >= 0.3 is 0 Å². The molecule has 5 heteroatoms. The molecular formula is C12H18N2O2S. The molecule has 1 heterocycles. The van der Waals surface area contributed by atoms with Gasteiger partial charge in [0.25, 0.3) is 0 Å². The molecule has 0 saturated carbocycles. The molecule has 0 amide bonds. The SMILES string of the molecule is Cc1ccc(CN2CCN(S(=O)O)CC2)cc1. The quantitative estimate of drug-likeness (QED) is 0.826. The van der Waals surface area contributed by atoms with Crippen LogP contribution in [0.5, 0.6) is 0 Å². The highest BCUT2D eigenvalue weighted by molar-refractivity contribution is 7.76. The summed E-state index contributed by atoms with van der Waals surface area (Å²) in [5, 5.41) is 0. The summed E-state index contributed by atoms with van der Waals surface area (Å²) in [6.45, 7) is 6.02. The standard InChI is InChI=1S/C12H18N2O2S/c1-11-2-4-12(5-3-11)10-13-6-8-14(9-7-13)17(15)16/h2-5H,6-10H2,1H3,(H,15,16). The zero-order chi connectivity index (χ0) is 12.3. The molecule has 1 saturated heterocycles. The predicted molar refractivity (Wildman–Crippen MR) is 68.8 cm³/mol. The maximum absolute atomic E-state index is 10.9. The number of aryl methyl sites for hydroxylation is 1. The van der Waals surface area contributed by atoms with Crippen LogP contribution >= 0.6 is 0 Å². The number of hydrogen-bond donors (Lipinski definition) is 1. The van der Waals surface area contributed by atoms with E-state index in [1.807, 2.05) is 0 Å². The third-order valence-corrected chi connectivity index (χ3v) is 3.89. The lowest BCUT2D eigenvalue weighted by atomic mass is 10.1. The molecule has 0 aromatic heterocycles. The predicted octanol–water partition coefficient (Wildman–Crippen LogP) is 1.25. The average Bonchev–Trinajstić information content (AvgIpc) is 2.33. The first-order chi connectivity index (χ1) is 8.15. The molecular weight excluding hydrogens is 236 g/mol. The molecule has 0 aliphatic carbocycles. The summed E-state index contributed by atoms with van der Waals surface area (Å²) in [5.41, 5.74) is 2.57. The van der Waals surface area contributed by atoms with Crippen LogP contribution in [0.2, 0.25) is 0 Å². The second-order valence-electron chi connectivity index (χ2n) is 4.42. The molecule has 4 nitrogen and oxygen atoms in total. The van der Waals surface area contributed by atoms with E-state index >= 15 is 0 Å². The zero-order valence-electron chi connectivity index (χ0n) is 10.0. The van der Waals surface area contributed by atoms with Crippen molar-refractivity contribution < 1.29 is 8.76 Å². The van der Waals surface area contributed by atoms with Gasteiger partial charge in [-0.15, -0.1) is 0 Å². The van der Waals surface area contributed by atoms with Crippen LogP contribution in [-0.2, 0) is 17.8 Å². The number of benzene rings is 1. The van der Waals surface area contributed by atoms with E-state index in [-0.39, 0.29) is 0 Å². The number of hydrogen-bond acceptors (Lipinski definition) is 2. The second-order valence-corrected chi connectivity index (χ2v) is 5.40. The van der Waals surface area contributed by atoms with Crippen LogP contribution in [0.1, 0.15) is 11.1 Å². The minimum absolute atomic E-state index is 0.662. The Labute approximate surface area is 105 Å². The smallest absolute Gasteiger partial charge is 0.234 e. The fraction of sp³-hybridized carbons (Fsp3) is 0.500. The molecule has 1 aliphatic heterocycles. The van der Waals surface area contributed by atoms with Crippen molar-refractivity contribution in [1.29, 1.82) is 0 Å². The van der Waals surface area contributed by atoms with Crippen LogP contribution in [0.3, 0.4) is 0 Å². The Bertz CT molecular complexity index is 386. The van der Waals surface area contributed by atoms with Gasteiger partial charge in [0.05, 0.1) is 0 Å². The molecule has 0 spiro atoms. The van der Waals surface area contributed by atoms with Crippen LogP contribution in [0, 0.1) is 6.92 Å².